The van der Waals surface area contributed by atoms with Crippen LogP contribution in [0.5, 0.6) is 0 Å². The molecule has 0 amide bonds. The Kier molecular flexibility index (Phi) is 2.98. The van der Waals surface area contributed by atoms with Crippen LogP contribution in [0.2, 0.25) is 0 Å². The van der Waals surface area contributed by atoms with E-state index < -0.39 is 6.04 Å². The molecule has 0 bridgehead atoms. The number of halogens is 1. The Morgan fingerprint density at radius 2 is 2.18 bits per heavy atom. The summed E-state index contributed by atoms with van der Waals surface area (Å²) in [5.74, 6) is -0.492. The predicted octanol–water partition coefficient (Wildman–Crippen LogP) is 2.33. The van der Waals surface area contributed by atoms with E-state index in [-0.39, 0.29) is 17.5 Å². The first-order valence-corrected chi connectivity index (χ1v) is 5.53. The van der Waals surface area contributed by atoms with Crippen molar-refractivity contribution in [2.45, 2.75) is 25.8 Å². The van der Waals surface area contributed by atoms with E-state index in [2.05, 4.69) is 4.98 Å². The number of hydrogen-bond donors (Lipinski definition) is 2. The van der Waals surface area contributed by atoms with E-state index in [0.29, 0.717) is 0 Å². The van der Waals surface area contributed by atoms with Crippen molar-refractivity contribution in [2.75, 3.05) is 0 Å². The van der Waals surface area contributed by atoms with E-state index >= 15 is 0 Å². The lowest BCUT2D eigenvalue weighted by Crippen LogP contribution is -2.33. The van der Waals surface area contributed by atoms with Crippen molar-refractivity contribution in [3.8, 4) is 0 Å². The van der Waals surface area contributed by atoms with Gasteiger partial charge in [-0.15, -0.1) is 0 Å². The fraction of sp³-hybridized carbons (Fsp3) is 0.308. The van der Waals surface area contributed by atoms with Crippen molar-refractivity contribution in [3.05, 3.63) is 35.8 Å². The molecule has 0 spiro atoms. The summed E-state index contributed by atoms with van der Waals surface area (Å²) in [6, 6.07) is 3.99. The van der Waals surface area contributed by atoms with E-state index in [9.17, 15) is 9.18 Å². The molecule has 0 radical (unpaired) electrons. The average Bonchev–Trinajstić information content (AvgIpc) is 2.69. The van der Waals surface area contributed by atoms with Gasteiger partial charge in [0, 0.05) is 23.0 Å². The highest BCUT2D eigenvalue weighted by Gasteiger charge is 2.21. The van der Waals surface area contributed by atoms with E-state index in [1.807, 2.05) is 6.92 Å². The second-order valence-corrected chi connectivity index (χ2v) is 4.36. The average molecular weight is 234 g/mol. The van der Waals surface area contributed by atoms with Crippen LogP contribution >= 0.6 is 0 Å². The summed E-state index contributed by atoms with van der Waals surface area (Å²) in [5, 5.41) is 0.786. The molecule has 0 saturated heterocycles. The molecule has 0 unspecified atom stereocenters. The maximum absolute atomic E-state index is 13.2. The topological polar surface area (TPSA) is 58.9 Å². The van der Waals surface area contributed by atoms with E-state index in [1.54, 1.807) is 12.3 Å². The Labute approximate surface area is 98.8 Å². The summed E-state index contributed by atoms with van der Waals surface area (Å²) < 4.78 is 13.2. The number of fused-ring (bicyclic) bond motifs is 1. The number of nitrogens with two attached hydrogens (primary N) is 1. The number of rotatable bonds is 3. The number of Topliss-reactive ketones (excluding diaryl/α,β-unsaturated/α-hetero) is 1. The minimum atomic E-state index is -0.558. The zero-order valence-electron chi connectivity index (χ0n) is 9.83. The zero-order chi connectivity index (χ0) is 12.6. The lowest BCUT2D eigenvalue weighted by Gasteiger charge is -2.16. The van der Waals surface area contributed by atoms with Crippen LogP contribution in [-0.4, -0.2) is 16.8 Å². The molecule has 2 aromatic rings. The fourth-order valence-electron chi connectivity index (χ4n) is 2.04. The van der Waals surface area contributed by atoms with Crippen molar-refractivity contribution in [3.63, 3.8) is 0 Å². The van der Waals surface area contributed by atoms with Gasteiger partial charge in [0.2, 0.25) is 0 Å². The Bertz CT molecular complexity index is 562. The van der Waals surface area contributed by atoms with Gasteiger partial charge in [0.1, 0.15) is 11.6 Å². The van der Waals surface area contributed by atoms with Crippen LogP contribution in [0.1, 0.15) is 25.3 Å². The van der Waals surface area contributed by atoms with Crippen molar-refractivity contribution >= 4 is 16.7 Å². The highest BCUT2D eigenvalue weighted by Crippen LogP contribution is 2.27. The molecule has 1 aromatic heterocycles. The molecule has 3 N–H and O–H groups in total. The smallest absolute Gasteiger partial charge is 0.147 e. The number of carbonyl (C=O) groups is 1. The lowest BCUT2D eigenvalue weighted by atomic mass is 9.91. The third kappa shape index (κ3) is 2.08. The summed E-state index contributed by atoms with van der Waals surface area (Å²) in [7, 11) is 0. The first kappa shape index (κ1) is 11.8. The first-order valence-electron chi connectivity index (χ1n) is 5.53. The van der Waals surface area contributed by atoms with Gasteiger partial charge in [-0.2, -0.15) is 0 Å². The summed E-state index contributed by atoms with van der Waals surface area (Å²) >= 11 is 0. The number of hydrogen-bond acceptors (Lipinski definition) is 2. The molecule has 1 heterocycles. The number of benzene rings is 1. The Morgan fingerprint density at radius 1 is 1.47 bits per heavy atom. The van der Waals surface area contributed by atoms with Gasteiger partial charge >= 0.3 is 0 Å². The van der Waals surface area contributed by atoms with Crippen LogP contribution in [0, 0.1) is 5.82 Å². The van der Waals surface area contributed by atoms with Gasteiger partial charge in [0.05, 0.1) is 6.04 Å². The maximum Gasteiger partial charge on any atom is 0.147 e. The molecule has 2 atom stereocenters. The number of nitrogens with one attached hydrogen (secondary N) is 1. The molecule has 0 aliphatic heterocycles. The van der Waals surface area contributed by atoms with Crippen LogP contribution in [-0.2, 0) is 4.79 Å². The molecule has 1 aromatic carbocycles. The Morgan fingerprint density at radius 3 is 2.82 bits per heavy atom. The number of carbonyl (C=O) groups excluding carboxylic acids is 1. The second kappa shape index (κ2) is 4.30. The molecular weight excluding hydrogens is 219 g/mol. The molecule has 0 aliphatic carbocycles. The summed E-state index contributed by atoms with van der Waals surface area (Å²) in [5.41, 5.74) is 7.55. The third-order valence-corrected chi connectivity index (χ3v) is 3.17. The van der Waals surface area contributed by atoms with Crippen molar-refractivity contribution in [1.82, 2.24) is 4.98 Å². The highest BCUT2D eigenvalue weighted by atomic mass is 19.1. The standard InChI is InChI=1S/C13H15FN2O/c1-7(13(15)8(2)17)11-6-16-12-4-3-9(14)5-10(11)12/h3-7,13,16H,15H2,1-2H3/t7-,13-/m0/s1. The normalized spacial score (nSPS) is 14.8. The molecular formula is C13H15FN2O. The third-order valence-electron chi connectivity index (χ3n) is 3.17. The molecule has 90 valence electrons. The van der Waals surface area contributed by atoms with Crippen LogP contribution in [0.15, 0.2) is 24.4 Å². The van der Waals surface area contributed by atoms with Crippen LogP contribution in [0.3, 0.4) is 0 Å². The van der Waals surface area contributed by atoms with Gasteiger partial charge in [0.25, 0.3) is 0 Å². The van der Waals surface area contributed by atoms with Crippen LogP contribution in [0.4, 0.5) is 4.39 Å². The minimum absolute atomic E-state index is 0.0664. The van der Waals surface area contributed by atoms with E-state index in [1.165, 1.54) is 19.1 Å². The number of aromatic nitrogens is 1. The van der Waals surface area contributed by atoms with Crippen molar-refractivity contribution in [2.24, 2.45) is 5.73 Å². The molecule has 0 aliphatic rings. The monoisotopic (exact) mass is 234 g/mol. The van der Waals surface area contributed by atoms with Gasteiger partial charge < -0.3 is 10.7 Å². The zero-order valence-corrected chi connectivity index (χ0v) is 9.83. The molecule has 4 heteroatoms. The number of aromatic amines is 1. The first-order chi connectivity index (χ1) is 8.00. The van der Waals surface area contributed by atoms with Gasteiger partial charge in [-0.05, 0) is 30.7 Å². The highest BCUT2D eigenvalue weighted by molar-refractivity contribution is 5.87. The largest absolute Gasteiger partial charge is 0.361 e. The van der Waals surface area contributed by atoms with Gasteiger partial charge in [-0.1, -0.05) is 6.92 Å². The maximum atomic E-state index is 13.2. The quantitative estimate of drug-likeness (QED) is 0.856. The summed E-state index contributed by atoms with van der Waals surface area (Å²) in [4.78, 5) is 14.3. The summed E-state index contributed by atoms with van der Waals surface area (Å²) in [6.45, 7) is 3.34. The summed E-state index contributed by atoms with van der Waals surface area (Å²) in [6.07, 6.45) is 1.79. The van der Waals surface area contributed by atoms with Gasteiger partial charge in [0.15, 0.2) is 0 Å². The molecule has 2 rings (SSSR count). The number of ketones is 1. The molecule has 17 heavy (non-hydrogen) atoms. The lowest BCUT2D eigenvalue weighted by molar-refractivity contribution is -0.118. The Balaban J connectivity index is 2.48. The predicted molar refractivity (Wildman–Crippen MR) is 65.3 cm³/mol. The second-order valence-electron chi connectivity index (χ2n) is 4.36. The van der Waals surface area contributed by atoms with Crippen molar-refractivity contribution in [1.29, 1.82) is 0 Å². The van der Waals surface area contributed by atoms with Crippen LogP contribution in [0.25, 0.3) is 10.9 Å². The van der Waals surface area contributed by atoms with Gasteiger partial charge in [-0.3, -0.25) is 4.79 Å². The van der Waals surface area contributed by atoms with Gasteiger partial charge in [-0.25, -0.2) is 4.39 Å². The Hall–Kier alpha value is -1.68. The van der Waals surface area contributed by atoms with Crippen molar-refractivity contribution < 1.29 is 9.18 Å². The minimum Gasteiger partial charge on any atom is -0.361 e. The molecule has 0 saturated carbocycles. The van der Waals surface area contributed by atoms with Crippen LogP contribution < -0.4 is 5.73 Å². The SMILES string of the molecule is CC(=O)[C@@H](N)[C@@H](C)c1c[nH]c2ccc(F)cc12. The molecule has 0 fully saturated rings. The van der Waals surface area contributed by atoms with E-state index in [4.69, 9.17) is 5.73 Å². The number of H-pyrrole nitrogens is 1. The van der Waals surface area contributed by atoms with E-state index in [0.717, 1.165) is 16.5 Å². The fourth-order valence-corrected chi connectivity index (χ4v) is 2.04. The molecule has 3 nitrogen and oxygen atoms in total.